The van der Waals surface area contributed by atoms with Gasteiger partial charge in [0.25, 0.3) is 0 Å². The minimum atomic E-state index is 0.355. The summed E-state index contributed by atoms with van der Waals surface area (Å²) in [5.74, 6) is 1.12. The molecule has 0 aliphatic carbocycles. The maximum Gasteiger partial charge on any atom is 0.127 e. The van der Waals surface area contributed by atoms with Gasteiger partial charge in [-0.15, -0.1) is 0 Å². The smallest absolute Gasteiger partial charge is 0.127 e. The van der Waals surface area contributed by atoms with Crippen LogP contribution in [0.3, 0.4) is 0 Å². The lowest BCUT2D eigenvalue weighted by Gasteiger charge is -2.25. The van der Waals surface area contributed by atoms with Crippen molar-refractivity contribution < 1.29 is 9.47 Å². The molecule has 1 unspecified atom stereocenters. The van der Waals surface area contributed by atoms with E-state index in [4.69, 9.17) is 9.47 Å². The first-order chi connectivity index (χ1) is 9.36. The predicted octanol–water partition coefficient (Wildman–Crippen LogP) is 3.09. The molecule has 3 heteroatoms. The van der Waals surface area contributed by atoms with Gasteiger partial charge in [-0.05, 0) is 45.2 Å². The molecular formula is C16H25NO2. The SMILES string of the molecule is CCOCCCC(NC)c1cccc2c1OCCC2. The summed E-state index contributed by atoms with van der Waals surface area (Å²) in [7, 11) is 2.02. The van der Waals surface area contributed by atoms with Crippen LogP contribution >= 0.6 is 0 Å². The molecule has 0 saturated heterocycles. The second-order valence-electron chi connectivity index (χ2n) is 4.97. The van der Waals surface area contributed by atoms with Gasteiger partial charge < -0.3 is 14.8 Å². The maximum absolute atomic E-state index is 5.89. The fourth-order valence-corrected chi connectivity index (χ4v) is 2.68. The zero-order chi connectivity index (χ0) is 13.5. The van der Waals surface area contributed by atoms with Crippen LogP contribution in [0.2, 0.25) is 0 Å². The topological polar surface area (TPSA) is 30.5 Å². The van der Waals surface area contributed by atoms with Gasteiger partial charge in [-0.25, -0.2) is 0 Å². The maximum atomic E-state index is 5.89. The molecule has 3 nitrogen and oxygen atoms in total. The zero-order valence-corrected chi connectivity index (χ0v) is 12.1. The van der Waals surface area contributed by atoms with E-state index in [0.29, 0.717) is 6.04 Å². The molecule has 1 aliphatic heterocycles. The highest BCUT2D eigenvalue weighted by atomic mass is 16.5. The Morgan fingerprint density at radius 2 is 2.32 bits per heavy atom. The molecule has 19 heavy (non-hydrogen) atoms. The number of hydrogen-bond acceptors (Lipinski definition) is 3. The van der Waals surface area contributed by atoms with Gasteiger partial charge in [0.1, 0.15) is 5.75 Å². The molecule has 0 amide bonds. The van der Waals surface area contributed by atoms with Gasteiger partial charge in [0, 0.05) is 24.8 Å². The van der Waals surface area contributed by atoms with Crippen LogP contribution in [-0.2, 0) is 11.2 Å². The summed E-state index contributed by atoms with van der Waals surface area (Å²) in [6.45, 7) is 4.52. The molecule has 0 saturated carbocycles. The molecule has 0 aromatic heterocycles. The van der Waals surface area contributed by atoms with Gasteiger partial charge in [-0.3, -0.25) is 0 Å². The second kappa shape index (κ2) is 7.51. The lowest BCUT2D eigenvalue weighted by molar-refractivity contribution is 0.141. The number of hydrogen-bond donors (Lipinski definition) is 1. The number of ether oxygens (including phenoxy) is 2. The monoisotopic (exact) mass is 263 g/mol. The molecule has 1 aromatic carbocycles. The molecule has 0 radical (unpaired) electrons. The molecule has 1 heterocycles. The first-order valence-electron chi connectivity index (χ1n) is 7.36. The van der Waals surface area contributed by atoms with Crippen LogP contribution in [0.5, 0.6) is 5.75 Å². The number of rotatable bonds is 7. The van der Waals surface area contributed by atoms with Crippen molar-refractivity contribution in [3.05, 3.63) is 29.3 Å². The van der Waals surface area contributed by atoms with Gasteiger partial charge in [-0.2, -0.15) is 0 Å². The molecule has 0 bridgehead atoms. The van der Waals surface area contributed by atoms with Crippen LogP contribution in [0.1, 0.15) is 43.4 Å². The molecule has 1 atom stereocenters. The highest BCUT2D eigenvalue weighted by Crippen LogP contribution is 2.34. The molecular weight excluding hydrogens is 238 g/mol. The Morgan fingerprint density at radius 3 is 3.11 bits per heavy atom. The minimum Gasteiger partial charge on any atom is -0.493 e. The van der Waals surface area contributed by atoms with E-state index in [2.05, 4.69) is 23.5 Å². The lowest BCUT2D eigenvalue weighted by atomic mass is 9.95. The zero-order valence-electron chi connectivity index (χ0n) is 12.1. The highest BCUT2D eigenvalue weighted by molar-refractivity contribution is 5.44. The molecule has 1 N–H and O–H groups in total. The van der Waals surface area contributed by atoms with Crippen LogP contribution < -0.4 is 10.1 Å². The number of fused-ring (bicyclic) bond motifs is 1. The highest BCUT2D eigenvalue weighted by Gasteiger charge is 2.19. The van der Waals surface area contributed by atoms with Crippen molar-refractivity contribution >= 4 is 0 Å². The van der Waals surface area contributed by atoms with E-state index >= 15 is 0 Å². The van der Waals surface area contributed by atoms with Gasteiger partial charge in [0.05, 0.1) is 6.61 Å². The summed E-state index contributed by atoms with van der Waals surface area (Å²) < 4.78 is 11.3. The van der Waals surface area contributed by atoms with Crippen molar-refractivity contribution in [1.29, 1.82) is 0 Å². The third kappa shape index (κ3) is 3.71. The largest absolute Gasteiger partial charge is 0.493 e. The van der Waals surface area contributed by atoms with E-state index in [9.17, 15) is 0 Å². The van der Waals surface area contributed by atoms with E-state index < -0.39 is 0 Å². The quantitative estimate of drug-likeness (QED) is 0.767. The Morgan fingerprint density at radius 1 is 1.42 bits per heavy atom. The van der Waals surface area contributed by atoms with Gasteiger partial charge >= 0.3 is 0 Å². The summed E-state index contributed by atoms with van der Waals surface area (Å²) in [5.41, 5.74) is 2.66. The standard InChI is InChI=1S/C16H25NO2/c1-3-18-11-6-10-15(17-2)14-9-4-7-13-8-5-12-19-16(13)14/h4,7,9,15,17H,3,5-6,8,10-12H2,1-2H3. The van der Waals surface area contributed by atoms with Crippen LogP contribution in [0.15, 0.2) is 18.2 Å². The van der Waals surface area contributed by atoms with E-state index in [-0.39, 0.29) is 0 Å². The third-order valence-electron chi connectivity index (χ3n) is 3.67. The summed E-state index contributed by atoms with van der Waals surface area (Å²) in [6, 6.07) is 6.88. The molecule has 1 aromatic rings. The molecule has 2 rings (SSSR count). The van der Waals surface area contributed by atoms with Crippen LogP contribution in [-0.4, -0.2) is 26.9 Å². The van der Waals surface area contributed by atoms with Crippen molar-refractivity contribution in [3.8, 4) is 5.75 Å². The number of para-hydroxylation sites is 1. The fraction of sp³-hybridized carbons (Fsp3) is 0.625. The Bertz CT molecular complexity index is 392. The van der Waals surface area contributed by atoms with Crippen LogP contribution in [0.25, 0.3) is 0 Å². The predicted molar refractivity (Wildman–Crippen MR) is 77.8 cm³/mol. The fourth-order valence-electron chi connectivity index (χ4n) is 2.68. The first-order valence-corrected chi connectivity index (χ1v) is 7.36. The first kappa shape index (κ1) is 14.4. The molecule has 0 spiro atoms. The van der Waals surface area contributed by atoms with E-state index in [1.54, 1.807) is 0 Å². The van der Waals surface area contributed by atoms with Gasteiger partial charge in [0.2, 0.25) is 0 Å². The van der Waals surface area contributed by atoms with Crippen molar-refractivity contribution in [3.63, 3.8) is 0 Å². The summed E-state index contributed by atoms with van der Waals surface area (Å²) >= 11 is 0. The molecule has 106 valence electrons. The normalized spacial score (nSPS) is 15.7. The summed E-state index contributed by atoms with van der Waals surface area (Å²) in [5, 5.41) is 3.41. The molecule has 0 fully saturated rings. The average molecular weight is 263 g/mol. The minimum absolute atomic E-state index is 0.355. The van der Waals surface area contributed by atoms with E-state index in [1.165, 1.54) is 11.1 Å². The Labute approximate surface area is 116 Å². The van der Waals surface area contributed by atoms with E-state index in [0.717, 1.165) is 51.3 Å². The summed E-state index contributed by atoms with van der Waals surface area (Å²) in [4.78, 5) is 0. The number of benzene rings is 1. The average Bonchev–Trinajstić information content (AvgIpc) is 2.47. The van der Waals surface area contributed by atoms with Gasteiger partial charge in [-0.1, -0.05) is 18.2 Å². The van der Waals surface area contributed by atoms with Crippen molar-refractivity contribution in [2.75, 3.05) is 26.9 Å². The van der Waals surface area contributed by atoms with Crippen LogP contribution in [0.4, 0.5) is 0 Å². The number of nitrogens with one attached hydrogen (secondary N) is 1. The Balaban J connectivity index is 2.05. The third-order valence-corrected chi connectivity index (χ3v) is 3.67. The van der Waals surface area contributed by atoms with Crippen molar-refractivity contribution in [1.82, 2.24) is 5.32 Å². The Kier molecular flexibility index (Phi) is 5.67. The lowest BCUT2D eigenvalue weighted by Crippen LogP contribution is -2.20. The Hall–Kier alpha value is -1.06. The van der Waals surface area contributed by atoms with Gasteiger partial charge in [0.15, 0.2) is 0 Å². The number of aryl methyl sites for hydroxylation is 1. The second-order valence-corrected chi connectivity index (χ2v) is 4.97. The summed E-state index contributed by atoms with van der Waals surface area (Å²) in [6.07, 6.45) is 4.42. The van der Waals surface area contributed by atoms with Crippen molar-refractivity contribution in [2.24, 2.45) is 0 Å². The van der Waals surface area contributed by atoms with Crippen LogP contribution in [0, 0.1) is 0 Å². The molecule has 1 aliphatic rings. The van der Waals surface area contributed by atoms with Crippen molar-refractivity contribution in [2.45, 2.75) is 38.6 Å². The van der Waals surface area contributed by atoms with E-state index in [1.807, 2.05) is 14.0 Å².